The van der Waals surface area contributed by atoms with Crippen LogP contribution in [0.1, 0.15) is 13.8 Å². The van der Waals surface area contributed by atoms with E-state index in [1.54, 1.807) is 12.1 Å². The smallest absolute Gasteiger partial charge is 0.0623 e. The fraction of sp³-hybridized carbons (Fsp3) is 0.250. The minimum atomic E-state index is 0.0718. The molecule has 0 heterocycles. The molecule has 1 aromatic carbocycles. The molecule has 0 spiro atoms. The van der Waals surface area contributed by atoms with E-state index < -0.39 is 0 Å². The van der Waals surface area contributed by atoms with Crippen molar-refractivity contribution in [1.82, 2.24) is 0 Å². The number of hydrogen-bond donors (Lipinski definition) is 0. The van der Waals surface area contributed by atoms with Gasteiger partial charge in [0.05, 0.1) is 0 Å². The van der Waals surface area contributed by atoms with Gasteiger partial charge >= 0.3 is 0 Å². The van der Waals surface area contributed by atoms with Crippen LogP contribution in [0, 0.1) is 0 Å². The first-order valence-electron chi connectivity index (χ1n) is 3.11. The second-order valence-corrected chi connectivity index (χ2v) is 1.31. The Balaban J connectivity index is 0.000000291. The molecule has 0 aliphatic carbocycles. The topological polar surface area (TPSA) is 23.1 Å². The lowest BCUT2D eigenvalue weighted by Crippen LogP contribution is -1.85. The van der Waals surface area contributed by atoms with Crippen molar-refractivity contribution in [2.24, 2.45) is 0 Å². The average Bonchev–Trinajstić information content (AvgIpc) is 1.94. The van der Waals surface area contributed by atoms with Gasteiger partial charge in [-0.15, -0.1) is 5.75 Å². The SMILES string of the molecule is CC.[O-]c1ccccc1. The molecule has 0 saturated carbocycles. The monoisotopic (exact) mass is 123 g/mol. The Morgan fingerprint density at radius 2 is 1.44 bits per heavy atom. The third-order valence-corrected chi connectivity index (χ3v) is 0.743. The maximum Gasteiger partial charge on any atom is -0.0623 e. The first kappa shape index (κ1) is 8.02. The summed E-state index contributed by atoms with van der Waals surface area (Å²) >= 11 is 0. The van der Waals surface area contributed by atoms with Crippen molar-refractivity contribution in [2.75, 3.05) is 0 Å². The first-order valence-corrected chi connectivity index (χ1v) is 3.11. The summed E-state index contributed by atoms with van der Waals surface area (Å²) in [4.78, 5) is 0. The van der Waals surface area contributed by atoms with Crippen LogP contribution < -0.4 is 5.11 Å². The van der Waals surface area contributed by atoms with E-state index >= 15 is 0 Å². The van der Waals surface area contributed by atoms with E-state index in [1.165, 1.54) is 12.1 Å². The van der Waals surface area contributed by atoms with Gasteiger partial charge in [-0.3, -0.25) is 0 Å². The van der Waals surface area contributed by atoms with Crippen LogP contribution >= 0.6 is 0 Å². The van der Waals surface area contributed by atoms with E-state index in [4.69, 9.17) is 0 Å². The van der Waals surface area contributed by atoms with Crippen LogP contribution in [-0.2, 0) is 0 Å². The summed E-state index contributed by atoms with van der Waals surface area (Å²) in [6.45, 7) is 4.00. The Bertz CT molecular complexity index is 134. The molecule has 0 aromatic heterocycles. The lowest BCUT2D eigenvalue weighted by molar-refractivity contribution is -0.268. The number of benzene rings is 1. The minimum Gasteiger partial charge on any atom is -0.872 e. The molecule has 50 valence electrons. The average molecular weight is 123 g/mol. The second-order valence-electron chi connectivity index (χ2n) is 1.31. The molecule has 0 N–H and O–H groups in total. The second kappa shape index (κ2) is 5.16. The quantitative estimate of drug-likeness (QED) is 0.515. The number of rotatable bonds is 0. The zero-order chi connectivity index (χ0) is 7.11. The third-order valence-electron chi connectivity index (χ3n) is 0.743. The van der Waals surface area contributed by atoms with Crippen LogP contribution in [0.25, 0.3) is 0 Å². The van der Waals surface area contributed by atoms with Crippen molar-refractivity contribution in [1.29, 1.82) is 0 Å². The molecular formula is C8H11O-. The van der Waals surface area contributed by atoms with Crippen molar-refractivity contribution < 1.29 is 5.11 Å². The molecule has 0 aliphatic rings. The van der Waals surface area contributed by atoms with Gasteiger partial charge in [-0.2, -0.15) is 0 Å². The van der Waals surface area contributed by atoms with E-state index in [2.05, 4.69) is 0 Å². The van der Waals surface area contributed by atoms with E-state index in [-0.39, 0.29) is 5.75 Å². The molecule has 0 radical (unpaired) electrons. The van der Waals surface area contributed by atoms with Gasteiger partial charge in [-0.1, -0.05) is 44.2 Å². The molecule has 9 heavy (non-hydrogen) atoms. The molecule has 0 saturated heterocycles. The molecule has 0 bridgehead atoms. The van der Waals surface area contributed by atoms with Gasteiger partial charge in [0.15, 0.2) is 0 Å². The summed E-state index contributed by atoms with van der Waals surface area (Å²) in [5, 5.41) is 10.3. The number of para-hydroxylation sites is 1. The van der Waals surface area contributed by atoms with E-state index in [0.29, 0.717) is 0 Å². The molecule has 0 unspecified atom stereocenters. The van der Waals surface area contributed by atoms with Gasteiger partial charge < -0.3 is 5.11 Å². The van der Waals surface area contributed by atoms with Crippen molar-refractivity contribution in [3.63, 3.8) is 0 Å². The highest BCUT2D eigenvalue weighted by Crippen LogP contribution is 1.98. The summed E-state index contributed by atoms with van der Waals surface area (Å²) in [5.74, 6) is 0.0718. The van der Waals surface area contributed by atoms with E-state index in [0.717, 1.165) is 0 Å². The molecule has 1 nitrogen and oxygen atoms in total. The standard InChI is InChI=1S/C6H6O.C2H6/c7-6-4-2-1-3-5-6;1-2/h1-5,7H;1-2H3/p-1. The highest BCUT2D eigenvalue weighted by Gasteiger charge is 1.64. The summed E-state index contributed by atoms with van der Waals surface area (Å²) in [7, 11) is 0. The van der Waals surface area contributed by atoms with Crippen molar-refractivity contribution >= 4 is 0 Å². The van der Waals surface area contributed by atoms with E-state index in [9.17, 15) is 5.11 Å². The van der Waals surface area contributed by atoms with Gasteiger partial charge in [0.25, 0.3) is 0 Å². The highest BCUT2D eigenvalue weighted by molar-refractivity contribution is 5.17. The van der Waals surface area contributed by atoms with Gasteiger partial charge in [0.1, 0.15) is 0 Å². The minimum absolute atomic E-state index is 0.0718. The van der Waals surface area contributed by atoms with Gasteiger partial charge in [-0.25, -0.2) is 0 Å². The summed E-state index contributed by atoms with van der Waals surface area (Å²) in [5.41, 5.74) is 0. The fourth-order valence-corrected chi connectivity index (χ4v) is 0.420. The molecular weight excluding hydrogens is 112 g/mol. The Kier molecular flexibility index (Phi) is 4.60. The zero-order valence-electron chi connectivity index (χ0n) is 5.79. The molecule has 0 atom stereocenters. The molecule has 0 fully saturated rings. The van der Waals surface area contributed by atoms with Crippen LogP contribution in [0.2, 0.25) is 0 Å². The maximum atomic E-state index is 10.3. The zero-order valence-corrected chi connectivity index (χ0v) is 5.79. The molecule has 0 aliphatic heterocycles. The Morgan fingerprint density at radius 3 is 1.67 bits per heavy atom. The van der Waals surface area contributed by atoms with Crippen LogP contribution in [-0.4, -0.2) is 0 Å². The Labute approximate surface area is 56.0 Å². The molecule has 0 amide bonds. The third kappa shape index (κ3) is 3.59. The first-order chi connectivity index (χ1) is 4.39. The van der Waals surface area contributed by atoms with E-state index in [1.807, 2.05) is 19.9 Å². The number of hydrogen-bond acceptors (Lipinski definition) is 1. The van der Waals surface area contributed by atoms with Crippen LogP contribution in [0.4, 0.5) is 0 Å². The predicted octanol–water partition coefficient (Wildman–Crippen LogP) is 1.79. The predicted molar refractivity (Wildman–Crippen MR) is 37.2 cm³/mol. The largest absolute Gasteiger partial charge is 0.872 e. The van der Waals surface area contributed by atoms with Gasteiger partial charge in [0, 0.05) is 0 Å². The van der Waals surface area contributed by atoms with Gasteiger partial charge in [0.2, 0.25) is 0 Å². The Hall–Kier alpha value is -0.980. The van der Waals surface area contributed by atoms with Crippen molar-refractivity contribution in [2.45, 2.75) is 13.8 Å². The molecule has 1 rings (SSSR count). The maximum absolute atomic E-state index is 10.3. The summed E-state index contributed by atoms with van der Waals surface area (Å²) in [6, 6.07) is 8.33. The lowest BCUT2D eigenvalue weighted by atomic mass is 10.3. The summed E-state index contributed by atoms with van der Waals surface area (Å²) in [6.07, 6.45) is 0. The summed E-state index contributed by atoms with van der Waals surface area (Å²) < 4.78 is 0. The normalized spacial score (nSPS) is 7.33. The van der Waals surface area contributed by atoms with Crippen LogP contribution in [0.3, 0.4) is 0 Å². The van der Waals surface area contributed by atoms with Crippen molar-refractivity contribution in [3.8, 4) is 5.75 Å². The lowest BCUT2D eigenvalue weighted by Gasteiger charge is -1.98. The Morgan fingerprint density at radius 1 is 1.00 bits per heavy atom. The molecule has 1 aromatic rings. The van der Waals surface area contributed by atoms with Gasteiger partial charge in [-0.05, 0) is 0 Å². The molecule has 1 heteroatoms. The highest BCUT2D eigenvalue weighted by atomic mass is 16.3. The van der Waals surface area contributed by atoms with Crippen molar-refractivity contribution in [3.05, 3.63) is 30.3 Å². The van der Waals surface area contributed by atoms with Crippen LogP contribution in [0.5, 0.6) is 5.75 Å². The fourth-order valence-electron chi connectivity index (χ4n) is 0.420. The van der Waals surface area contributed by atoms with Crippen LogP contribution in [0.15, 0.2) is 30.3 Å².